The van der Waals surface area contributed by atoms with Gasteiger partial charge in [-0.1, -0.05) is 25.4 Å². The van der Waals surface area contributed by atoms with Crippen molar-refractivity contribution in [3.63, 3.8) is 0 Å². The van der Waals surface area contributed by atoms with E-state index in [-0.39, 0.29) is 21.7 Å². The molecule has 140 valence electrons. The van der Waals surface area contributed by atoms with Crippen LogP contribution in [0.1, 0.15) is 13.8 Å². The van der Waals surface area contributed by atoms with E-state index in [4.69, 9.17) is 21.1 Å². The number of carbonyl (C=O) groups excluding carboxylic acids is 1. The predicted molar refractivity (Wildman–Crippen MR) is 94.4 cm³/mol. The topological polar surface area (TPSA) is 84.9 Å². The fourth-order valence-corrected chi connectivity index (χ4v) is 4.19. The van der Waals surface area contributed by atoms with E-state index in [9.17, 15) is 13.2 Å². The Kier molecular flexibility index (Phi) is 6.67. The third-order valence-electron chi connectivity index (χ3n) is 3.97. The third kappa shape index (κ3) is 4.84. The Hall–Kier alpha value is -1.35. The number of hydrogen-bond acceptors (Lipinski definition) is 5. The quantitative estimate of drug-likeness (QED) is 0.795. The number of carbonyl (C=O) groups is 1. The number of nitrogens with zero attached hydrogens (tertiary/aromatic N) is 1. The molecular formula is C16H23ClN2O5S. The van der Waals surface area contributed by atoms with Gasteiger partial charge in [0.05, 0.1) is 30.2 Å². The summed E-state index contributed by atoms with van der Waals surface area (Å²) in [6.07, 6.45) is 0. The summed E-state index contributed by atoms with van der Waals surface area (Å²) >= 11 is 6.01. The highest BCUT2D eigenvalue weighted by Gasteiger charge is 2.32. The molecule has 0 unspecified atom stereocenters. The lowest BCUT2D eigenvalue weighted by atomic mass is 10.0. The number of ether oxygens (including phenoxy) is 2. The first kappa shape index (κ1) is 20.0. The van der Waals surface area contributed by atoms with Crippen molar-refractivity contribution in [2.75, 3.05) is 33.4 Å². The van der Waals surface area contributed by atoms with Crippen molar-refractivity contribution in [1.82, 2.24) is 9.62 Å². The van der Waals surface area contributed by atoms with Gasteiger partial charge in [-0.3, -0.25) is 4.79 Å². The number of sulfonamides is 1. The van der Waals surface area contributed by atoms with E-state index in [1.807, 2.05) is 0 Å². The summed E-state index contributed by atoms with van der Waals surface area (Å²) in [4.78, 5) is 14.3. The van der Waals surface area contributed by atoms with Gasteiger partial charge in [-0.25, -0.2) is 8.42 Å². The second-order valence-corrected chi connectivity index (χ2v) is 8.20. The molecule has 1 aromatic rings. The van der Waals surface area contributed by atoms with Gasteiger partial charge in [0.15, 0.2) is 0 Å². The molecule has 25 heavy (non-hydrogen) atoms. The number of hydrogen-bond donors (Lipinski definition) is 1. The van der Waals surface area contributed by atoms with Crippen LogP contribution in [-0.2, 0) is 19.6 Å². The Labute approximate surface area is 153 Å². The molecule has 1 amide bonds. The third-order valence-corrected chi connectivity index (χ3v) is 5.71. The van der Waals surface area contributed by atoms with E-state index >= 15 is 0 Å². The van der Waals surface area contributed by atoms with E-state index in [1.54, 1.807) is 18.7 Å². The van der Waals surface area contributed by atoms with Gasteiger partial charge in [0.1, 0.15) is 11.8 Å². The van der Waals surface area contributed by atoms with Crippen LogP contribution in [-0.4, -0.2) is 58.7 Å². The van der Waals surface area contributed by atoms with Gasteiger partial charge in [0.25, 0.3) is 0 Å². The molecule has 1 atom stereocenters. The highest BCUT2D eigenvalue weighted by Crippen LogP contribution is 2.27. The lowest BCUT2D eigenvalue weighted by Crippen LogP contribution is -2.53. The number of rotatable bonds is 6. The number of amides is 1. The minimum Gasteiger partial charge on any atom is -0.495 e. The molecule has 1 saturated heterocycles. The maximum absolute atomic E-state index is 12.7. The molecule has 7 nitrogen and oxygen atoms in total. The summed E-state index contributed by atoms with van der Waals surface area (Å²) < 4.78 is 38.1. The molecule has 0 saturated carbocycles. The van der Waals surface area contributed by atoms with Gasteiger partial charge in [-0.2, -0.15) is 4.72 Å². The largest absolute Gasteiger partial charge is 0.495 e. The summed E-state index contributed by atoms with van der Waals surface area (Å²) in [5.41, 5.74) is 0. The SMILES string of the molecule is COc1ccc(S(=O)(=O)N[C@H](C(=O)N2CCOCC2)C(C)C)cc1Cl. The van der Waals surface area contributed by atoms with Gasteiger partial charge < -0.3 is 14.4 Å². The Balaban J connectivity index is 2.22. The zero-order valence-electron chi connectivity index (χ0n) is 14.5. The summed E-state index contributed by atoms with van der Waals surface area (Å²) in [5, 5.41) is 0.186. The zero-order valence-corrected chi connectivity index (χ0v) is 16.1. The van der Waals surface area contributed by atoms with Gasteiger partial charge in [-0.15, -0.1) is 0 Å². The van der Waals surface area contributed by atoms with Crippen LogP contribution in [0.15, 0.2) is 23.1 Å². The van der Waals surface area contributed by atoms with Gasteiger partial charge in [-0.05, 0) is 24.1 Å². The maximum Gasteiger partial charge on any atom is 0.241 e. The molecule has 1 aliphatic rings. The monoisotopic (exact) mass is 390 g/mol. The van der Waals surface area contributed by atoms with E-state index in [0.717, 1.165) is 0 Å². The molecule has 0 spiro atoms. The normalized spacial score (nSPS) is 16.8. The smallest absolute Gasteiger partial charge is 0.241 e. The van der Waals surface area contributed by atoms with Crippen molar-refractivity contribution < 1.29 is 22.7 Å². The molecule has 1 aromatic carbocycles. The molecule has 1 fully saturated rings. The molecule has 1 N–H and O–H groups in total. The predicted octanol–water partition coefficient (Wildman–Crippen LogP) is 1.51. The van der Waals surface area contributed by atoms with Crippen molar-refractivity contribution >= 4 is 27.5 Å². The first-order valence-electron chi connectivity index (χ1n) is 7.98. The standard InChI is InChI=1S/C16H23ClN2O5S/c1-11(2)15(16(20)19-6-8-24-9-7-19)18-25(21,22)12-4-5-14(23-3)13(17)10-12/h4-5,10-11,15,18H,6-9H2,1-3H3/t15-/m0/s1. The first-order valence-corrected chi connectivity index (χ1v) is 9.85. The van der Waals surface area contributed by atoms with Crippen LogP contribution in [0.4, 0.5) is 0 Å². The van der Waals surface area contributed by atoms with Crippen molar-refractivity contribution in [1.29, 1.82) is 0 Å². The average molecular weight is 391 g/mol. The minimum absolute atomic E-state index is 0.0151. The van der Waals surface area contributed by atoms with Crippen LogP contribution in [0.25, 0.3) is 0 Å². The van der Waals surface area contributed by atoms with Crippen molar-refractivity contribution in [3.05, 3.63) is 23.2 Å². The Morgan fingerprint density at radius 2 is 1.96 bits per heavy atom. The van der Waals surface area contributed by atoms with Crippen LogP contribution in [0.2, 0.25) is 5.02 Å². The van der Waals surface area contributed by atoms with Crippen molar-refractivity contribution in [2.45, 2.75) is 24.8 Å². The minimum atomic E-state index is -3.90. The molecule has 2 rings (SSSR count). The fraction of sp³-hybridized carbons (Fsp3) is 0.562. The van der Waals surface area contributed by atoms with Gasteiger partial charge in [0.2, 0.25) is 15.9 Å². The van der Waals surface area contributed by atoms with Crippen LogP contribution in [0.5, 0.6) is 5.75 Å². The lowest BCUT2D eigenvalue weighted by Gasteiger charge is -2.32. The number of morpholine rings is 1. The van der Waals surface area contributed by atoms with Gasteiger partial charge in [0, 0.05) is 13.1 Å². The molecule has 0 aliphatic carbocycles. The van der Waals surface area contributed by atoms with Crippen LogP contribution in [0.3, 0.4) is 0 Å². The Morgan fingerprint density at radius 3 is 2.48 bits per heavy atom. The van der Waals surface area contributed by atoms with Crippen LogP contribution >= 0.6 is 11.6 Å². The number of nitrogens with one attached hydrogen (secondary N) is 1. The van der Waals surface area contributed by atoms with Crippen LogP contribution in [0, 0.1) is 5.92 Å². The Bertz CT molecular complexity index is 717. The first-order chi connectivity index (χ1) is 11.8. The highest BCUT2D eigenvalue weighted by atomic mass is 35.5. The second kappa shape index (κ2) is 8.35. The summed E-state index contributed by atoms with van der Waals surface area (Å²) in [6, 6.07) is 3.32. The molecule has 0 bridgehead atoms. The summed E-state index contributed by atoms with van der Waals surface area (Å²) in [6.45, 7) is 5.42. The second-order valence-electron chi connectivity index (χ2n) is 6.08. The number of methoxy groups -OCH3 is 1. The van der Waals surface area contributed by atoms with E-state index in [0.29, 0.717) is 32.1 Å². The van der Waals surface area contributed by atoms with E-state index in [2.05, 4.69) is 4.72 Å². The maximum atomic E-state index is 12.7. The lowest BCUT2D eigenvalue weighted by molar-refractivity contribution is -0.138. The zero-order chi connectivity index (χ0) is 18.6. The fourth-order valence-electron chi connectivity index (χ4n) is 2.50. The molecular weight excluding hydrogens is 368 g/mol. The van der Waals surface area contributed by atoms with E-state index in [1.165, 1.54) is 25.3 Å². The molecule has 0 radical (unpaired) electrons. The molecule has 1 heterocycles. The van der Waals surface area contributed by atoms with Gasteiger partial charge >= 0.3 is 0 Å². The van der Waals surface area contributed by atoms with Crippen molar-refractivity contribution in [3.8, 4) is 5.75 Å². The molecule has 1 aliphatic heterocycles. The summed E-state index contributed by atoms with van der Waals surface area (Å²) in [5.74, 6) is -0.0780. The van der Waals surface area contributed by atoms with Crippen LogP contribution < -0.4 is 9.46 Å². The highest BCUT2D eigenvalue weighted by molar-refractivity contribution is 7.89. The van der Waals surface area contributed by atoms with E-state index < -0.39 is 16.1 Å². The number of halogens is 1. The summed E-state index contributed by atoms with van der Waals surface area (Å²) in [7, 11) is -2.46. The molecule has 0 aromatic heterocycles. The van der Waals surface area contributed by atoms with Crippen molar-refractivity contribution in [2.24, 2.45) is 5.92 Å². The number of benzene rings is 1. The Morgan fingerprint density at radius 1 is 1.32 bits per heavy atom. The molecule has 9 heteroatoms. The average Bonchev–Trinajstić information content (AvgIpc) is 2.59.